The van der Waals surface area contributed by atoms with Crippen molar-refractivity contribution in [2.75, 3.05) is 41.0 Å². The molecule has 5 heteroatoms. The Balaban J connectivity index is 2.00. The Morgan fingerprint density at radius 1 is 1.29 bits per heavy atom. The average Bonchev–Trinajstić information content (AvgIpc) is 2.49. The van der Waals surface area contributed by atoms with Gasteiger partial charge in [0, 0.05) is 19.7 Å². The zero-order chi connectivity index (χ0) is 15.2. The summed E-state index contributed by atoms with van der Waals surface area (Å²) in [6.45, 7) is 3.54. The van der Waals surface area contributed by atoms with Crippen LogP contribution < -0.4 is 9.47 Å². The standard InChI is InChI=1S/C16H25NO4/c1-17(9-12-5-4-6-21-11-12)10-13-7-14(19-2)16(18)15(8-13)20-3/h7-8,12,18H,4-6,9-11H2,1-3H3. The van der Waals surface area contributed by atoms with Crippen LogP contribution in [0.2, 0.25) is 0 Å². The summed E-state index contributed by atoms with van der Waals surface area (Å²) in [5.74, 6) is 1.54. The number of aromatic hydroxyl groups is 1. The first-order valence-corrected chi connectivity index (χ1v) is 7.34. The second-order valence-electron chi connectivity index (χ2n) is 5.63. The maximum Gasteiger partial charge on any atom is 0.200 e. The molecule has 1 saturated heterocycles. The van der Waals surface area contributed by atoms with Crippen LogP contribution in [0.5, 0.6) is 17.2 Å². The van der Waals surface area contributed by atoms with E-state index >= 15 is 0 Å². The monoisotopic (exact) mass is 295 g/mol. The second kappa shape index (κ2) is 7.52. The van der Waals surface area contributed by atoms with E-state index in [1.165, 1.54) is 6.42 Å². The van der Waals surface area contributed by atoms with Crippen LogP contribution in [0.1, 0.15) is 18.4 Å². The quantitative estimate of drug-likeness (QED) is 0.872. The van der Waals surface area contributed by atoms with Gasteiger partial charge in [0.2, 0.25) is 5.75 Å². The zero-order valence-corrected chi connectivity index (χ0v) is 13.1. The van der Waals surface area contributed by atoms with Gasteiger partial charge in [0.25, 0.3) is 0 Å². The maximum atomic E-state index is 9.93. The molecule has 5 nitrogen and oxygen atoms in total. The molecule has 0 aromatic heterocycles. The van der Waals surface area contributed by atoms with Gasteiger partial charge >= 0.3 is 0 Å². The zero-order valence-electron chi connectivity index (χ0n) is 13.1. The highest BCUT2D eigenvalue weighted by Gasteiger charge is 2.17. The lowest BCUT2D eigenvalue weighted by Crippen LogP contribution is -2.30. The molecule has 1 aromatic rings. The number of hydrogen-bond donors (Lipinski definition) is 1. The molecular weight excluding hydrogens is 270 g/mol. The molecule has 1 N–H and O–H groups in total. The molecule has 0 aliphatic carbocycles. The van der Waals surface area contributed by atoms with Crippen molar-refractivity contribution in [1.82, 2.24) is 4.90 Å². The molecule has 118 valence electrons. The summed E-state index contributed by atoms with van der Waals surface area (Å²) in [6, 6.07) is 3.71. The van der Waals surface area contributed by atoms with Crippen LogP contribution in [0.15, 0.2) is 12.1 Å². The number of ether oxygens (including phenoxy) is 3. The molecule has 0 bridgehead atoms. The Morgan fingerprint density at radius 2 is 1.95 bits per heavy atom. The summed E-state index contributed by atoms with van der Waals surface area (Å²) in [5.41, 5.74) is 1.06. The fraction of sp³-hybridized carbons (Fsp3) is 0.625. The van der Waals surface area contributed by atoms with E-state index in [2.05, 4.69) is 11.9 Å². The third-order valence-electron chi connectivity index (χ3n) is 3.82. The Morgan fingerprint density at radius 3 is 2.48 bits per heavy atom. The number of hydrogen-bond acceptors (Lipinski definition) is 5. The molecule has 0 radical (unpaired) electrons. The Hall–Kier alpha value is -1.46. The number of phenolic OH excluding ortho intramolecular Hbond substituents is 1. The number of benzene rings is 1. The van der Waals surface area contributed by atoms with E-state index in [0.717, 1.165) is 38.3 Å². The van der Waals surface area contributed by atoms with Gasteiger partial charge in [-0.2, -0.15) is 0 Å². The molecule has 1 aliphatic rings. The summed E-state index contributed by atoms with van der Waals surface area (Å²) in [4.78, 5) is 2.27. The highest BCUT2D eigenvalue weighted by Crippen LogP contribution is 2.37. The minimum absolute atomic E-state index is 0.0482. The molecule has 0 spiro atoms. The van der Waals surface area contributed by atoms with E-state index in [4.69, 9.17) is 14.2 Å². The van der Waals surface area contributed by atoms with Gasteiger partial charge in [-0.1, -0.05) is 0 Å². The molecular formula is C16H25NO4. The smallest absolute Gasteiger partial charge is 0.200 e. The van der Waals surface area contributed by atoms with Crippen LogP contribution in [0, 0.1) is 5.92 Å². The molecule has 1 unspecified atom stereocenters. The van der Waals surface area contributed by atoms with E-state index in [9.17, 15) is 5.11 Å². The van der Waals surface area contributed by atoms with Crippen LogP contribution in [-0.2, 0) is 11.3 Å². The van der Waals surface area contributed by atoms with E-state index in [1.54, 1.807) is 14.2 Å². The largest absolute Gasteiger partial charge is 0.502 e. The lowest BCUT2D eigenvalue weighted by atomic mass is 10.0. The van der Waals surface area contributed by atoms with Crippen LogP contribution in [-0.4, -0.2) is 51.0 Å². The first-order valence-electron chi connectivity index (χ1n) is 7.34. The molecule has 0 amide bonds. The van der Waals surface area contributed by atoms with Gasteiger partial charge in [-0.25, -0.2) is 0 Å². The van der Waals surface area contributed by atoms with Crippen molar-refractivity contribution in [3.8, 4) is 17.2 Å². The summed E-state index contributed by atoms with van der Waals surface area (Å²) >= 11 is 0. The number of rotatable bonds is 6. The van der Waals surface area contributed by atoms with Crippen LogP contribution in [0.4, 0.5) is 0 Å². The van der Waals surface area contributed by atoms with Crippen LogP contribution in [0.3, 0.4) is 0 Å². The number of methoxy groups -OCH3 is 2. The molecule has 1 aromatic carbocycles. The highest BCUT2D eigenvalue weighted by atomic mass is 16.5. The topological polar surface area (TPSA) is 51.2 Å². The fourth-order valence-corrected chi connectivity index (χ4v) is 2.81. The highest BCUT2D eigenvalue weighted by molar-refractivity contribution is 5.52. The predicted molar refractivity (Wildman–Crippen MR) is 81.1 cm³/mol. The minimum atomic E-state index is 0.0482. The summed E-state index contributed by atoms with van der Waals surface area (Å²) < 4.78 is 15.9. The molecule has 1 heterocycles. The van der Waals surface area contributed by atoms with E-state index in [-0.39, 0.29) is 5.75 Å². The Kier molecular flexibility index (Phi) is 5.70. The third-order valence-corrected chi connectivity index (χ3v) is 3.82. The van der Waals surface area contributed by atoms with E-state index in [0.29, 0.717) is 17.4 Å². The predicted octanol–water partition coefficient (Wildman–Crippen LogP) is 2.27. The Labute approximate surface area is 126 Å². The molecule has 0 saturated carbocycles. The van der Waals surface area contributed by atoms with E-state index < -0.39 is 0 Å². The molecule has 1 fully saturated rings. The lowest BCUT2D eigenvalue weighted by Gasteiger charge is -2.27. The van der Waals surface area contributed by atoms with Gasteiger partial charge in [0.1, 0.15) is 0 Å². The first-order chi connectivity index (χ1) is 10.1. The number of phenols is 1. The average molecular weight is 295 g/mol. The Bertz CT molecular complexity index is 433. The van der Waals surface area contributed by atoms with E-state index in [1.807, 2.05) is 12.1 Å². The van der Waals surface area contributed by atoms with Crippen molar-refractivity contribution in [3.05, 3.63) is 17.7 Å². The second-order valence-corrected chi connectivity index (χ2v) is 5.63. The SMILES string of the molecule is COc1cc(CN(C)CC2CCCOC2)cc(OC)c1O. The van der Waals surface area contributed by atoms with Gasteiger partial charge < -0.3 is 24.2 Å². The molecule has 21 heavy (non-hydrogen) atoms. The normalized spacial score (nSPS) is 18.8. The van der Waals surface area contributed by atoms with Gasteiger partial charge in [-0.15, -0.1) is 0 Å². The molecule has 1 aliphatic heterocycles. The lowest BCUT2D eigenvalue weighted by molar-refractivity contribution is 0.0411. The fourth-order valence-electron chi connectivity index (χ4n) is 2.81. The first kappa shape index (κ1) is 15.9. The van der Waals surface area contributed by atoms with Gasteiger partial charge in [-0.3, -0.25) is 0 Å². The van der Waals surface area contributed by atoms with Crippen molar-refractivity contribution in [1.29, 1.82) is 0 Å². The molecule has 2 rings (SSSR count). The third kappa shape index (κ3) is 4.25. The van der Waals surface area contributed by atoms with Crippen LogP contribution in [0.25, 0.3) is 0 Å². The van der Waals surface area contributed by atoms with Gasteiger partial charge in [0.05, 0.1) is 20.8 Å². The number of nitrogens with zero attached hydrogens (tertiary/aromatic N) is 1. The van der Waals surface area contributed by atoms with Crippen molar-refractivity contribution in [2.45, 2.75) is 19.4 Å². The summed E-state index contributed by atoms with van der Waals surface area (Å²) in [5, 5.41) is 9.93. The van der Waals surface area contributed by atoms with Gasteiger partial charge in [0.15, 0.2) is 11.5 Å². The summed E-state index contributed by atoms with van der Waals surface area (Å²) in [6.07, 6.45) is 2.38. The van der Waals surface area contributed by atoms with Crippen molar-refractivity contribution in [3.63, 3.8) is 0 Å². The van der Waals surface area contributed by atoms with Gasteiger partial charge in [-0.05, 0) is 43.5 Å². The minimum Gasteiger partial charge on any atom is -0.502 e. The molecule has 1 atom stereocenters. The van der Waals surface area contributed by atoms with Crippen LogP contribution >= 0.6 is 0 Å². The van der Waals surface area contributed by atoms with Crippen molar-refractivity contribution >= 4 is 0 Å². The maximum absolute atomic E-state index is 9.93. The van der Waals surface area contributed by atoms with Crippen molar-refractivity contribution in [2.24, 2.45) is 5.92 Å². The summed E-state index contributed by atoms with van der Waals surface area (Å²) in [7, 11) is 5.18. The van der Waals surface area contributed by atoms with Crippen molar-refractivity contribution < 1.29 is 19.3 Å².